The van der Waals surface area contributed by atoms with Crippen molar-refractivity contribution in [2.45, 2.75) is 64.1 Å². The van der Waals surface area contributed by atoms with E-state index in [2.05, 4.69) is 29.2 Å². The average Bonchev–Trinajstić information content (AvgIpc) is 2.70. The number of rotatable bonds is 2. The molecule has 3 nitrogen and oxygen atoms in total. The predicted molar refractivity (Wildman–Crippen MR) is 70.7 cm³/mol. The van der Waals surface area contributed by atoms with Crippen molar-refractivity contribution in [2.24, 2.45) is 5.92 Å². The number of piperidine rings is 2. The molecule has 3 saturated heterocycles. The summed E-state index contributed by atoms with van der Waals surface area (Å²) in [5.74, 6) is 0.907. The molecule has 3 aliphatic heterocycles. The lowest BCUT2D eigenvalue weighted by molar-refractivity contribution is 0.0108. The van der Waals surface area contributed by atoms with E-state index in [0.29, 0.717) is 0 Å². The van der Waals surface area contributed by atoms with Gasteiger partial charge in [0.05, 0.1) is 0 Å². The summed E-state index contributed by atoms with van der Waals surface area (Å²) in [7, 11) is 0. The summed E-state index contributed by atoms with van der Waals surface area (Å²) in [6.45, 7) is 8.76. The molecule has 0 radical (unpaired) electrons. The molecule has 1 N–H and O–H groups in total. The standard InChI is InChI=1S/C14H27N3/c1-11-4-3-5-12(2)17(11)15-14-7-9-16-8-6-13(14)10-16/h11-15H,3-10H2,1-2H3. The first kappa shape index (κ1) is 11.9. The fraction of sp³-hybridized carbons (Fsp3) is 1.00. The SMILES string of the molecule is CC1CCCC(C)N1NC1CCN2CCC1C2. The number of hydrazine groups is 1. The van der Waals surface area contributed by atoms with E-state index >= 15 is 0 Å². The number of hydrogen-bond acceptors (Lipinski definition) is 3. The Hall–Kier alpha value is -0.120. The first-order valence-electron chi connectivity index (χ1n) is 7.51. The highest BCUT2D eigenvalue weighted by atomic mass is 15.5. The Morgan fingerprint density at radius 3 is 2.41 bits per heavy atom. The molecule has 5 atom stereocenters. The molecular weight excluding hydrogens is 210 g/mol. The highest BCUT2D eigenvalue weighted by molar-refractivity contribution is 4.91. The summed E-state index contributed by atoms with van der Waals surface area (Å²) < 4.78 is 0. The Labute approximate surface area is 106 Å². The molecule has 2 bridgehead atoms. The van der Waals surface area contributed by atoms with E-state index in [0.717, 1.165) is 24.0 Å². The van der Waals surface area contributed by atoms with Gasteiger partial charge in [-0.25, -0.2) is 5.01 Å². The molecule has 0 aliphatic carbocycles. The van der Waals surface area contributed by atoms with Crippen LogP contribution in [-0.4, -0.2) is 47.7 Å². The quantitative estimate of drug-likeness (QED) is 0.791. The summed E-state index contributed by atoms with van der Waals surface area (Å²) in [4.78, 5) is 2.63. The van der Waals surface area contributed by atoms with Crippen molar-refractivity contribution >= 4 is 0 Å². The van der Waals surface area contributed by atoms with Crippen LogP contribution in [0, 0.1) is 5.92 Å². The van der Waals surface area contributed by atoms with Crippen molar-refractivity contribution < 1.29 is 0 Å². The van der Waals surface area contributed by atoms with Crippen LogP contribution in [0.3, 0.4) is 0 Å². The lowest BCUT2D eigenvalue weighted by Crippen LogP contribution is -2.58. The van der Waals surface area contributed by atoms with E-state index in [9.17, 15) is 0 Å². The van der Waals surface area contributed by atoms with Gasteiger partial charge in [-0.15, -0.1) is 0 Å². The minimum absolute atomic E-state index is 0.721. The van der Waals surface area contributed by atoms with E-state index in [1.54, 1.807) is 0 Å². The van der Waals surface area contributed by atoms with Crippen molar-refractivity contribution in [3.63, 3.8) is 0 Å². The van der Waals surface area contributed by atoms with Crippen molar-refractivity contribution in [2.75, 3.05) is 19.6 Å². The van der Waals surface area contributed by atoms with Gasteiger partial charge in [0.15, 0.2) is 0 Å². The summed E-state index contributed by atoms with van der Waals surface area (Å²) in [5, 5.41) is 2.57. The highest BCUT2D eigenvalue weighted by Gasteiger charge is 2.36. The van der Waals surface area contributed by atoms with Crippen molar-refractivity contribution in [3.05, 3.63) is 0 Å². The molecule has 0 spiro atoms. The molecule has 3 rings (SSSR count). The normalized spacial score (nSPS) is 47.3. The van der Waals surface area contributed by atoms with Crippen LogP contribution in [0.2, 0.25) is 0 Å². The molecule has 3 fully saturated rings. The molecule has 98 valence electrons. The van der Waals surface area contributed by atoms with Gasteiger partial charge in [-0.2, -0.15) is 0 Å². The second-order valence-corrected chi connectivity index (χ2v) is 6.41. The van der Waals surface area contributed by atoms with Crippen LogP contribution in [0.1, 0.15) is 46.0 Å². The zero-order chi connectivity index (χ0) is 11.8. The molecule has 3 heteroatoms. The molecule has 3 heterocycles. The number of nitrogens with one attached hydrogen (secondary N) is 1. The van der Waals surface area contributed by atoms with Gasteiger partial charge in [-0.05, 0) is 58.5 Å². The zero-order valence-electron chi connectivity index (χ0n) is 11.4. The van der Waals surface area contributed by atoms with Crippen LogP contribution in [0.25, 0.3) is 0 Å². The monoisotopic (exact) mass is 237 g/mol. The van der Waals surface area contributed by atoms with Gasteiger partial charge in [0, 0.05) is 24.7 Å². The van der Waals surface area contributed by atoms with Crippen LogP contribution in [0.4, 0.5) is 0 Å². The molecule has 17 heavy (non-hydrogen) atoms. The topological polar surface area (TPSA) is 18.5 Å². The van der Waals surface area contributed by atoms with Crippen LogP contribution in [-0.2, 0) is 0 Å². The first-order chi connectivity index (χ1) is 8.24. The van der Waals surface area contributed by atoms with Crippen LogP contribution in [0.5, 0.6) is 0 Å². The Morgan fingerprint density at radius 2 is 1.65 bits per heavy atom. The minimum atomic E-state index is 0.721. The molecule has 5 unspecified atom stereocenters. The van der Waals surface area contributed by atoms with Crippen molar-refractivity contribution in [1.29, 1.82) is 0 Å². The van der Waals surface area contributed by atoms with Crippen molar-refractivity contribution in [1.82, 2.24) is 15.3 Å². The Morgan fingerprint density at radius 1 is 0.941 bits per heavy atom. The lowest BCUT2D eigenvalue weighted by atomic mass is 9.94. The Bertz CT molecular complexity index is 258. The maximum Gasteiger partial charge on any atom is 0.0268 e. The summed E-state index contributed by atoms with van der Waals surface area (Å²) in [6.07, 6.45) is 6.89. The van der Waals surface area contributed by atoms with E-state index < -0.39 is 0 Å². The number of fused-ring (bicyclic) bond motifs is 2. The van der Waals surface area contributed by atoms with E-state index in [4.69, 9.17) is 0 Å². The zero-order valence-corrected chi connectivity index (χ0v) is 11.4. The largest absolute Gasteiger partial charge is 0.303 e. The molecule has 3 aliphatic rings. The van der Waals surface area contributed by atoms with Gasteiger partial charge in [0.25, 0.3) is 0 Å². The molecule has 0 amide bonds. The minimum Gasteiger partial charge on any atom is -0.303 e. The fourth-order valence-electron chi connectivity index (χ4n) is 3.99. The van der Waals surface area contributed by atoms with E-state index in [1.807, 2.05) is 0 Å². The lowest BCUT2D eigenvalue weighted by Gasteiger charge is -2.43. The van der Waals surface area contributed by atoms with Crippen molar-refractivity contribution in [3.8, 4) is 0 Å². The molecular formula is C14H27N3. The van der Waals surface area contributed by atoms with E-state index in [1.165, 1.54) is 51.7 Å². The van der Waals surface area contributed by atoms with Gasteiger partial charge in [0.1, 0.15) is 0 Å². The third-order valence-electron chi connectivity index (χ3n) is 5.14. The molecule has 0 aromatic rings. The Balaban J connectivity index is 1.61. The average molecular weight is 237 g/mol. The van der Waals surface area contributed by atoms with E-state index in [-0.39, 0.29) is 0 Å². The maximum absolute atomic E-state index is 3.89. The fourth-order valence-corrected chi connectivity index (χ4v) is 3.99. The second kappa shape index (κ2) is 4.87. The van der Waals surface area contributed by atoms with Gasteiger partial charge in [-0.1, -0.05) is 6.42 Å². The molecule has 0 saturated carbocycles. The summed E-state index contributed by atoms with van der Waals surface area (Å²) in [5.41, 5.74) is 3.89. The number of nitrogens with zero attached hydrogens (tertiary/aromatic N) is 2. The molecule has 0 aromatic carbocycles. The third-order valence-corrected chi connectivity index (χ3v) is 5.14. The van der Waals surface area contributed by atoms with Crippen LogP contribution < -0.4 is 5.43 Å². The first-order valence-corrected chi connectivity index (χ1v) is 7.51. The molecule has 0 aromatic heterocycles. The van der Waals surface area contributed by atoms with Crippen LogP contribution in [0.15, 0.2) is 0 Å². The maximum atomic E-state index is 3.89. The highest BCUT2D eigenvalue weighted by Crippen LogP contribution is 2.29. The van der Waals surface area contributed by atoms with Gasteiger partial charge in [-0.3, -0.25) is 5.43 Å². The van der Waals surface area contributed by atoms with Gasteiger partial charge in [0.2, 0.25) is 0 Å². The van der Waals surface area contributed by atoms with Gasteiger partial charge >= 0.3 is 0 Å². The predicted octanol–water partition coefficient (Wildman–Crippen LogP) is 1.85. The van der Waals surface area contributed by atoms with Crippen LogP contribution >= 0.6 is 0 Å². The van der Waals surface area contributed by atoms with Gasteiger partial charge < -0.3 is 4.90 Å². The summed E-state index contributed by atoms with van der Waals surface area (Å²) >= 11 is 0. The Kier molecular flexibility index (Phi) is 3.42. The summed E-state index contributed by atoms with van der Waals surface area (Å²) in [6, 6.07) is 2.19. The third kappa shape index (κ3) is 2.38. The second-order valence-electron chi connectivity index (χ2n) is 6.41. The number of hydrogen-bond donors (Lipinski definition) is 1. The smallest absolute Gasteiger partial charge is 0.0268 e.